The van der Waals surface area contributed by atoms with Crippen molar-refractivity contribution in [3.05, 3.63) is 11.6 Å². The second-order valence-corrected chi connectivity index (χ2v) is 3.23. The van der Waals surface area contributed by atoms with E-state index in [0.717, 1.165) is 0 Å². The fourth-order valence-corrected chi connectivity index (χ4v) is 1.39. The van der Waals surface area contributed by atoms with E-state index in [4.69, 9.17) is 6.42 Å². The van der Waals surface area contributed by atoms with Crippen molar-refractivity contribution in [2.24, 2.45) is 0 Å². The highest BCUT2D eigenvalue weighted by molar-refractivity contribution is 5.13. The highest BCUT2D eigenvalue weighted by Crippen LogP contribution is 2.29. The summed E-state index contributed by atoms with van der Waals surface area (Å²) in [5.74, 6) is 2.47. The van der Waals surface area contributed by atoms with Crippen LogP contribution in [0.15, 0.2) is 11.6 Å². The molecule has 1 nitrogen and oxygen atoms in total. The van der Waals surface area contributed by atoms with Gasteiger partial charge >= 0.3 is 6.18 Å². The predicted octanol–water partition coefficient (Wildman–Crippen LogP) is 2.20. The minimum atomic E-state index is -4.15. The summed E-state index contributed by atoms with van der Waals surface area (Å²) in [6.45, 7) is 1.49. The summed E-state index contributed by atoms with van der Waals surface area (Å²) in [7, 11) is 0. The lowest BCUT2D eigenvalue weighted by atomic mass is 10.1. The van der Waals surface area contributed by atoms with Gasteiger partial charge in [-0.2, -0.15) is 13.2 Å². The molecule has 0 bridgehead atoms. The number of terminal acetylenes is 1. The third-order valence-corrected chi connectivity index (χ3v) is 2.23. The average Bonchev–Trinajstić information content (AvgIpc) is 2.14. The maximum Gasteiger partial charge on any atom is 0.412 e. The van der Waals surface area contributed by atoms with Crippen molar-refractivity contribution in [1.29, 1.82) is 0 Å². The molecule has 0 radical (unpaired) electrons. The summed E-state index contributed by atoms with van der Waals surface area (Å²) in [6.07, 6.45) is 2.84. The topological polar surface area (TPSA) is 3.24 Å². The van der Waals surface area contributed by atoms with Gasteiger partial charge in [0.25, 0.3) is 0 Å². The van der Waals surface area contributed by atoms with Gasteiger partial charge in [-0.1, -0.05) is 6.08 Å². The molecule has 0 amide bonds. The van der Waals surface area contributed by atoms with Crippen molar-refractivity contribution < 1.29 is 13.2 Å². The third-order valence-electron chi connectivity index (χ3n) is 2.23. The van der Waals surface area contributed by atoms with Crippen LogP contribution >= 0.6 is 0 Å². The standard InChI is InChI=1S/C10H12F3N/c1-2-3-6-14-7-4-9(5-8-14)10(11,12)13/h1,4H,3,5-8H2. The Morgan fingerprint density at radius 1 is 1.50 bits per heavy atom. The molecule has 0 spiro atoms. The summed E-state index contributed by atoms with van der Waals surface area (Å²) < 4.78 is 36.6. The molecule has 4 heteroatoms. The number of nitrogens with zero attached hydrogens (tertiary/aromatic N) is 1. The molecule has 0 aromatic rings. The Balaban J connectivity index is 2.44. The van der Waals surface area contributed by atoms with Crippen LogP contribution in [0.3, 0.4) is 0 Å². The van der Waals surface area contributed by atoms with Gasteiger partial charge in [0.05, 0.1) is 0 Å². The predicted molar refractivity (Wildman–Crippen MR) is 48.6 cm³/mol. The van der Waals surface area contributed by atoms with E-state index in [1.54, 1.807) is 0 Å². The Labute approximate surface area is 81.6 Å². The van der Waals surface area contributed by atoms with Gasteiger partial charge < -0.3 is 0 Å². The summed E-state index contributed by atoms with van der Waals surface area (Å²) in [4.78, 5) is 1.93. The van der Waals surface area contributed by atoms with Crippen LogP contribution in [0.1, 0.15) is 12.8 Å². The number of halogens is 3. The molecule has 1 rings (SSSR count). The first-order chi connectivity index (χ1) is 6.54. The number of alkyl halides is 3. The monoisotopic (exact) mass is 203 g/mol. The number of hydrogen-bond donors (Lipinski definition) is 0. The maximum atomic E-state index is 12.2. The van der Waals surface area contributed by atoms with Gasteiger partial charge in [0, 0.05) is 31.6 Å². The first-order valence-corrected chi connectivity index (χ1v) is 4.46. The Morgan fingerprint density at radius 3 is 2.64 bits per heavy atom. The molecular formula is C10H12F3N. The van der Waals surface area contributed by atoms with Crippen LogP contribution in [0, 0.1) is 12.3 Å². The molecule has 0 saturated heterocycles. The van der Waals surface area contributed by atoms with E-state index >= 15 is 0 Å². The van der Waals surface area contributed by atoms with E-state index in [1.165, 1.54) is 6.08 Å². The van der Waals surface area contributed by atoms with Crippen LogP contribution in [-0.4, -0.2) is 30.7 Å². The molecule has 1 aliphatic rings. The Morgan fingerprint density at radius 2 is 2.21 bits per heavy atom. The van der Waals surface area contributed by atoms with Crippen molar-refractivity contribution in [2.75, 3.05) is 19.6 Å². The lowest BCUT2D eigenvalue weighted by Crippen LogP contribution is -2.32. The van der Waals surface area contributed by atoms with E-state index in [1.807, 2.05) is 4.90 Å². The first kappa shape index (κ1) is 11.1. The summed E-state index contributed by atoms with van der Waals surface area (Å²) >= 11 is 0. The zero-order valence-electron chi connectivity index (χ0n) is 7.77. The van der Waals surface area contributed by atoms with Crippen molar-refractivity contribution in [3.63, 3.8) is 0 Å². The maximum absolute atomic E-state index is 12.2. The largest absolute Gasteiger partial charge is 0.412 e. The summed E-state index contributed by atoms with van der Waals surface area (Å²) in [6, 6.07) is 0. The van der Waals surface area contributed by atoms with Crippen LogP contribution in [0.5, 0.6) is 0 Å². The minimum absolute atomic E-state index is 0.0775. The Bertz CT molecular complexity index is 260. The van der Waals surface area contributed by atoms with Gasteiger partial charge in [-0.25, -0.2) is 0 Å². The van der Waals surface area contributed by atoms with Crippen LogP contribution < -0.4 is 0 Å². The molecule has 78 valence electrons. The van der Waals surface area contributed by atoms with Crippen LogP contribution in [0.4, 0.5) is 13.2 Å². The SMILES string of the molecule is C#CCCN1CC=C(C(F)(F)F)CC1. The lowest BCUT2D eigenvalue weighted by molar-refractivity contribution is -0.0959. The molecule has 1 aliphatic heterocycles. The fourth-order valence-electron chi connectivity index (χ4n) is 1.39. The van der Waals surface area contributed by atoms with Crippen molar-refractivity contribution in [1.82, 2.24) is 4.90 Å². The fraction of sp³-hybridized carbons (Fsp3) is 0.600. The average molecular weight is 203 g/mol. The molecule has 0 aromatic carbocycles. The molecule has 0 aliphatic carbocycles. The third kappa shape index (κ3) is 3.08. The number of hydrogen-bond acceptors (Lipinski definition) is 1. The van der Waals surface area contributed by atoms with Crippen LogP contribution in [-0.2, 0) is 0 Å². The summed E-state index contributed by atoms with van der Waals surface area (Å²) in [5, 5.41) is 0. The molecule has 0 saturated carbocycles. The van der Waals surface area contributed by atoms with E-state index in [0.29, 0.717) is 26.1 Å². The molecular weight excluding hydrogens is 191 g/mol. The molecule has 0 unspecified atom stereocenters. The molecule has 0 fully saturated rings. The van der Waals surface area contributed by atoms with E-state index in [9.17, 15) is 13.2 Å². The van der Waals surface area contributed by atoms with E-state index in [-0.39, 0.29) is 6.42 Å². The highest BCUT2D eigenvalue weighted by atomic mass is 19.4. The zero-order chi connectivity index (χ0) is 10.6. The van der Waals surface area contributed by atoms with Crippen LogP contribution in [0.2, 0.25) is 0 Å². The van der Waals surface area contributed by atoms with Crippen molar-refractivity contribution in [3.8, 4) is 12.3 Å². The normalized spacial score (nSPS) is 18.9. The van der Waals surface area contributed by atoms with Gasteiger partial charge in [-0.05, 0) is 6.42 Å². The van der Waals surface area contributed by atoms with Crippen molar-refractivity contribution in [2.45, 2.75) is 19.0 Å². The van der Waals surface area contributed by atoms with Gasteiger partial charge in [-0.3, -0.25) is 4.90 Å². The van der Waals surface area contributed by atoms with Gasteiger partial charge in [-0.15, -0.1) is 12.3 Å². The molecule has 1 heterocycles. The summed E-state index contributed by atoms with van der Waals surface area (Å²) in [5.41, 5.74) is -0.408. The Kier molecular flexibility index (Phi) is 3.59. The van der Waals surface area contributed by atoms with Crippen LogP contribution in [0.25, 0.3) is 0 Å². The first-order valence-electron chi connectivity index (χ1n) is 4.46. The van der Waals surface area contributed by atoms with Gasteiger partial charge in [0.2, 0.25) is 0 Å². The van der Waals surface area contributed by atoms with E-state index in [2.05, 4.69) is 5.92 Å². The number of rotatable bonds is 2. The highest BCUT2D eigenvalue weighted by Gasteiger charge is 2.34. The quantitative estimate of drug-likeness (QED) is 0.491. The zero-order valence-corrected chi connectivity index (χ0v) is 7.77. The minimum Gasteiger partial charge on any atom is -0.298 e. The van der Waals surface area contributed by atoms with Gasteiger partial charge in [0.1, 0.15) is 0 Å². The molecule has 0 atom stereocenters. The Hall–Kier alpha value is -0.950. The van der Waals surface area contributed by atoms with E-state index < -0.39 is 11.7 Å². The second-order valence-electron chi connectivity index (χ2n) is 3.23. The molecule has 14 heavy (non-hydrogen) atoms. The molecule has 0 N–H and O–H groups in total. The lowest BCUT2D eigenvalue weighted by Gasteiger charge is -2.26. The van der Waals surface area contributed by atoms with Crippen molar-refractivity contribution >= 4 is 0 Å². The second kappa shape index (κ2) is 4.52. The smallest absolute Gasteiger partial charge is 0.298 e. The molecule has 0 aromatic heterocycles. The van der Waals surface area contributed by atoms with Gasteiger partial charge in [0.15, 0.2) is 0 Å².